The molecule has 17 heavy (non-hydrogen) atoms. The number of Topliss-reactive ketones (excluding diaryl/α,β-unsaturated/α-hetero) is 1. The largest absolute Gasteiger partial charge is 0.294 e. The second kappa shape index (κ2) is 4.68. The topological polar surface area (TPSA) is 17.1 Å². The first-order valence-electron chi connectivity index (χ1n) is 5.15. The molecule has 0 amide bonds. The molecule has 86 valence electrons. The van der Waals surface area contributed by atoms with E-state index in [9.17, 15) is 9.18 Å². The average Bonchev–Trinajstić information content (AvgIpc) is 2.29. The maximum atomic E-state index is 13.6. The van der Waals surface area contributed by atoms with Crippen molar-refractivity contribution in [3.05, 3.63) is 58.9 Å². The Hall–Kier alpha value is -1.67. The molecule has 0 heterocycles. The Labute approximate surface area is 104 Å². The fraction of sp³-hybridized carbons (Fsp3) is 0.0714. The van der Waals surface area contributed by atoms with Gasteiger partial charge in [0.05, 0.1) is 5.56 Å². The van der Waals surface area contributed by atoms with Gasteiger partial charge in [-0.2, -0.15) is 0 Å². The van der Waals surface area contributed by atoms with Crippen LogP contribution in [-0.4, -0.2) is 5.78 Å². The van der Waals surface area contributed by atoms with E-state index in [0.717, 1.165) is 5.56 Å². The van der Waals surface area contributed by atoms with Gasteiger partial charge in [-0.1, -0.05) is 35.9 Å². The summed E-state index contributed by atoms with van der Waals surface area (Å²) in [4.78, 5) is 11.5. The lowest BCUT2D eigenvalue weighted by atomic mass is 9.97. The van der Waals surface area contributed by atoms with Gasteiger partial charge in [0.1, 0.15) is 5.82 Å². The molecule has 0 saturated heterocycles. The Morgan fingerprint density at radius 1 is 1.12 bits per heavy atom. The van der Waals surface area contributed by atoms with E-state index < -0.39 is 5.82 Å². The van der Waals surface area contributed by atoms with Crippen LogP contribution in [0.2, 0.25) is 5.02 Å². The second-order valence-corrected chi connectivity index (χ2v) is 4.16. The van der Waals surface area contributed by atoms with Crippen molar-refractivity contribution in [2.45, 2.75) is 6.92 Å². The van der Waals surface area contributed by atoms with Crippen molar-refractivity contribution < 1.29 is 9.18 Å². The van der Waals surface area contributed by atoms with Crippen molar-refractivity contribution in [1.29, 1.82) is 0 Å². The predicted octanol–water partition coefficient (Wildman–Crippen LogP) is 4.35. The molecule has 2 aromatic carbocycles. The van der Waals surface area contributed by atoms with E-state index >= 15 is 0 Å². The molecule has 0 atom stereocenters. The number of carbonyl (C=O) groups is 1. The number of ketones is 1. The number of benzene rings is 2. The van der Waals surface area contributed by atoms with Gasteiger partial charge in [0, 0.05) is 5.02 Å². The third-order valence-corrected chi connectivity index (χ3v) is 2.77. The van der Waals surface area contributed by atoms with Crippen LogP contribution in [0.3, 0.4) is 0 Å². The first-order valence-corrected chi connectivity index (χ1v) is 5.53. The minimum atomic E-state index is -0.495. The molecule has 3 heteroatoms. The zero-order chi connectivity index (χ0) is 12.4. The maximum absolute atomic E-state index is 13.6. The molecule has 2 aromatic rings. The van der Waals surface area contributed by atoms with Crippen LogP contribution in [0.5, 0.6) is 0 Å². The zero-order valence-electron chi connectivity index (χ0n) is 9.21. The number of hydrogen-bond donors (Lipinski definition) is 0. The van der Waals surface area contributed by atoms with E-state index in [4.69, 9.17) is 11.6 Å². The molecular formula is C14H10ClFO. The smallest absolute Gasteiger partial charge is 0.163 e. The van der Waals surface area contributed by atoms with Crippen LogP contribution in [0.1, 0.15) is 17.3 Å². The summed E-state index contributed by atoms with van der Waals surface area (Å²) >= 11 is 5.79. The number of rotatable bonds is 2. The summed E-state index contributed by atoms with van der Waals surface area (Å²) in [6, 6.07) is 11.6. The van der Waals surface area contributed by atoms with Crippen LogP contribution in [0.25, 0.3) is 11.1 Å². The van der Waals surface area contributed by atoms with Crippen molar-refractivity contribution in [2.75, 3.05) is 0 Å². The summed E-state index contributed by atoms with van der Waals surface area (Å²) in [5.74, 6) is -0.780. The number of halogens is 2. The van der Waals surface area contributed by atoms with Gasteiger partial charge in [-0.3, -0.25) is 4.79 Å². The monoisotopic (exact) mass is 248 g/mol. The molecule has 0 fully saturated rings. The van der Waals surface area contributed by atoms with Gasteiger partial charge in [-0.05, 0) is 36.2 Å². The Bertz CT molecular complexity index is 561. The summed E-state index contributed by atoms with van der Waals surface area (Å²) in [7, 11) is 0. The lowest BCUT2D eigenvalue weighted by Gasteiger charge is -2.08. The molecule has 2 rings (SSSR count). The third kappa shape index (κ3) is 2.37. The van der Waals surface area contributed by atoms with Crippen LogP contribution in [0, 0.1) is 5.82 Å². The highest BCUT2D eigenvalue weighted by molar-refractivity contribution is 6.30. The quantitative estimate of drug-likeness (QED) is 0.722. The van der Waals surface area contributed by atoms with Crippen molar-refractivity contribution >= 4 is 17.4 Å². The lowest BCUT2D eigenvalue weighted by molar-refractivity contribution is 0.101. The fourth-order valence-electron chi connectivity index (χ4n) is 1.75. The van der Waals surface area contributed by atoms with Crippen LogP contribution in [0.15, 0.2) is 42.5 Å². The molecule has 0 radical (unpaired) electrons. The summed E-state index contributed by atoms with van der Waals surface area (Å²) in [5, 5.41) is 0.606. The van der Waals surface area contributed by atoms with Crippen molar-refractivity contribution in [3.8, 4) is 11.1 Å². The first kappa shape index (κ1) is 11.8. The van der Waals surface area contributed by atoms with Gasteiger partial charge in [0.15, 0.2) is 5.78 Å². The highest BCUT2D eigenvalue weighted by atomic mass is 35.5. The minimum absolute atomic E-state index is 0.120. The van der Waals surface area contributed by atoms with Crippen molar-refractivity contribution in [3.63, 3.8) is 0 Å². The molecule has 0 spiro atoms. The molecule has 0 unspecified atom stereocenters. The molecule has 0 bridgehead atoms. The summed E-state index contributed by atoms with van der Waals surface area (Å²) in [5.41, 5.74) is 1.49. The third-order valence-electron chi connectivity index (χ3n) is 2.52. The van der Waals surface area contributed by atoms with Crippen LogP contribution < -0.4 is 0 Å². The van der Waals surface area contributed by atoms with Gasteiger partial charge in [0.2, 0.25) is 0 Å². The molecule has 0 aromatic heterocycles. The van der Waals surface area contributed by atoms with Gasteiger partial charge < -0.3 is 0 Å². The van der Waals surface area contributed by atoms with Crippen LogP contribution >= 0.6 is 11.6 Å². The molecule has 0 aliphatic carbocycles. The Morgan fingerprint density at radius 3 is 2.35 bits per heavy atom. The molecule has 0 saturated carbocycles. The standard InChI is InChI=1S/C14H10ClFO/c1-9(17)14-12(3-2-4-13(14)16)10-5-7-11(15)8-6-10/h2-8H,1H3. The van der Waals surface area contributed by atoms with Crippen molar-refractivity contribution in [2.24, 2.45) is 0 Å². The molecule has 0 aliphatic heterocycles. The van der Waals surface area contributed by atoms with Crippen molar-refractivity contribution in [1.82, 2.24) is 0 Å². The molecule has 0 N–H and O–H groups in total. The number of carbonyl (C=O) groups excluding carboxylic acids is 1. The SMILES string of the molecule is CC(=O)c1c(F)cccc1-c1ccc(Cl)cc1. The van der Waals surface area contributed by atoms with Gasteiger partial charge in [-0.15, -0.1) is 0 Å². The molecular weight excluding hydrogens is 239 g/mol. The van der Waals surface area contributed by atoms with Crippen LogP contribution in [0.4, 0.5) is 4.39 Å². The Balaban J connectivity index is 2.63. The minimum Gasteiger partial charge on any atom is -0.294 e. The highest BCUT2D eigenvalue weighted by Crippen LogP contribution is 2.27. The molecule has 1 nitrogen and oxygen atoms in total. The van der Waals surface area contributed by atoms with Gasteiger partial charge in [-0.25, -0.2) is 4.39 Å². The van der Waals surface area contributed by atoms with E-state index in [1.54, 1.807) is 36.4 Å². The maximum Gasteiger partial charge on any atom is 0.163 e. The summed E-state index contributed by atoms with van der Waals surface area (Å²) < 4.78 is 13.6. The highest BCUT2D eigenvalue weighted by Gasteiger charge is 2.13. The van der Waals surface area contributed by atoms with E-state index in [1.807, 2.05) is 0 Å². The zero-order valence-corrected chi connectivity index (χ0v) is 9.96. The van der Waals surface area contributed by atoms with E-state index in [-0.39, 0.29) is 11.3 Å². The normalized spacial score (nSPS) is 10.3. The summed E-state index contributed by atoms with van der Waals surface area (Å²) in [6.45, 7) is 1.36. The Kier molecular flexibility index (Phi) is 3.25. The summed E-state index contributed by atoms with van der Waals surface area (Å²) in [6.07, 6.45) is 0. The van der Waals surface area contributed by atoms with E-state index in [1.165, 1.54) is 13.0 Å². The second-order valence-electron chi connectivity index (χ2n) is 3.73. The van der Waals surface area contributed by atoms with E-state index in [0.29, 0.717) is 10.6 Å². The number of hydrogen-bond acceptors (Lipinski definition) is 1. The fourth-order valence-corrected chi connectivity index (χ4v) is 1.88. The van der Waals surface area contributed by atoms with Gasteiger partial charge >= 0.3 is 0 Å². The Morgan fingerprint density at radius 2 is 1.76 bits per heavy atom. The lowest BCUT2D eigenvalue weighted by Crippen LogP contribution is -2.00. The first-order chi connectivity index (χ1) is 8.09. The van der Waals surface area contributed by atoms with Gasteiger partial charge in [0.25, 0.3) is 0 Å². The van der Waals surface area contributed by atoms with E-state index in [2.05, 4.69) is 0 Å². The molecule has 0 aliphatic rings. The van der Waals surface area contributed by atoms with Crippen LogP contribution in [-0.2, 0) is 0 Å². The predicted molar refractivity (Wildman–Crippen MR) is 66.9 cm³/mol. The average molecular weight is 249 g/mol.